The third kappa shape index (κ3) is 5.43. The zero-order valence-corrected chi connectivity index (χ0v) is 22.1. The summed E-state index contributed by atoms with van der Waals surface area (Å²) in [6, 6.07) is 8.51. The van der Waals surface area contributed by atoms with Gasteiger partial charge in [0.05, 0.1) is 0 Å². The Morgan fingerprint density at radius 1 is 1.16 bits per heavy atom. The number of ether oxygens (including phenoxy) is 3. The van der Waals surface area contributed by atoms with Crippen LogP contribution in [0.15, 0.2) is 41.3 Å². The van der Waals surface area contributed by atoms with Gasteiger partial charge in [0.2, 0.25) is 22.7 Å². The van der Waals surface area contributed by atoms with Gasteiger partial charge in [0.1, 0.15) is 10.6 Å². The molecule has 1 aromatic heterocycles. The summed E-state index contributed by atoms with van der Waals surface area (Å²) in [5, 5.41) is 16.2. The lowest BCUT2D eigenvalue weighted by Crippen LogP contribution is -2.32. The monoisotopic (exact) mass is 544 g/mol. The number of aromatic carboxylic acids is 1. The first-order valence-electron chi connectivity index (χ1n) is 11.9. The van der Waals surface area contributed by atoms with Crippen molar-refractivity contribution in [3.05, 3.63) is 53.2 Å². The van der Waals surface area contributed by atoms with Gasteiger partial charge in [-0.1, -0.05) is 6.92 Å². The van der Waals surface area contributed by atoms with Crippen LogP contribution in [0.2, 0.25) is 0 Å². The number of nitrogens with one attached hydrogen (secondary N) is 2. The molecule has 202 valence electrons. The Hall–Kier alpha value is -4.10. The lowest BCUT2D eigenvalue weighted by atomic mass is 10.2. The Bertz CT molecular complexity index is 1500. The van der Waals surface area contributed by atoms with Crippen molar-refractivity contribution in [2.75, 3.05) is 12.1 Å². The first kappa shape index (κ1) is 26.9. The number of carbonyl (C=O) groups excluding carboxylic acids is 1. The van der Waals surface area contributed by atoms with Gasteiger partial charge >= 0.3 is 5.97 Å². The van der Waals surface area contributed by atoms with Crippen molar-refractivity contribution >= 4 is 27.6 Å². The first-order valence-corrected chi connectivity index (χ1v) is 13.4. The second-order valence-electron chi connectivity index (χ2n) is 8.62. The lowest BCUT2D eigenvalue weighted by Gasteiger charge is -2.17. The summed E-state index contributed by atoms with van der Waals surface area (Å²) in [7, 11) is -4.10. The summed E-state index contributed by atoms with van der Waals surface area (Å²) in [5.74, 6) is -0.710. The van der Waals surface area contributed by atoms with Gasteiger partial charge in [-0.3, -0.25) is 4.79 Å². The predicted octanol–water partition coefficient (Wildman–Crippen LogP) is 3.76. The van der Waals surface area contributed by atoms with Crippen LogP contribution in [-0.4, -0.2) is 48.0 Å². The van der Waals surface area contributed by atoms with E-state index in [4.69, 9.17) is 14.2 Å². The van der Waals surface area contributed by atoms with Gasteiger partial charge in [-0.15, -0.1) is 0 Å². The molecule has 1 atom stereocenters. The second-order valence-corrected chi connectivity index (χ2v) is 10.3. The molecule has 38 heavy (non-hydrogen) atoms. The average molecular weight is 545 g/mol. The zero-order valence-electron chi connectivity index (χ0n) is 21.3. The highest BCUT2D eigenvalue weighted by atomic mass is 32.2. The summed E-state index contributed by atoms with van der Waals surface area (Å²) >= 11 is 0. The molecule has 3 N–H and O–H groups in total. The minimum atomic E-state index is -4.10. The van der Waals surface area contributed by atoms with E-state index in [9.17, 15) is 23.1 Å². The number of fused-ring (bicyclic) bond motifs is 1. The van der Waals surface area contributed by atoms with Gasteiger partial charge in [-0.25, -0.2) is 22.6 Å². The van der Waals surface area contributed by atoms with Gasteiger partial charge in [-0.2, -0.15) is 5.10 Å². The number of carbonyl (C=O) groups is 2. The molecule has 0 spiro atoms. The van der Waals surface area contributed by atoms with Crippen LogP contribution in [0.5, 0.6) is 23.1 Å². The van der Waals surface area contributed by atoms with Crippen molar-refractivity contribution in [3.63, 3.8) is 0 Å². The number of anilines is 1. The second kappa shape index (κ2) is 10.7. The summed E-state index contributed by atoms with van der Waals surface area (Å²) in [4.78, 5) is 24.2. The quantitative estimate of drug-likeness (QED) is 0.345. The molecule has 1 amide bonds. The fourth-order valence-electron chi connectivity index (χ4n) is 3.72. The number of benzene rings is 2. The fraction of sp³-hybridized carbons (Fsp3) is 0.320. The summed E-state index contributed by atoms with van der Waals surface area (Å²) in [6.45, 7) is 7.20. The first-order chi connectivity index (χ1) is 18.0. The molecule has 13 heteroatoms. The van der Waals surface area contributed by atoms with Crippen LogP contribution in [0.1, 0.15) is 53.6 Å². The number of hydrogen-bond acceptors (Lipinski definition) is 8. The fourth-order valence-corrected chi connectivity index (χ4v) is 5.20. The molecule has 1 aliphatic rings. The minimum absolute atomic E-state index is 0.0588. The highest BCUT2D eigenvalue weighted by Gasteiger charge is 2.26. The predicted molar refractivity (Wildman–Crippen MR) is 137 cm³/mol. The lowest BCUT2D eigenvalue weighted by molar-refractivity contribution is 0.0688. The summed E-state index contributed by atoms with van der Waals surface area (Å²) < 4.78 is 47.2. The van der Waals surface area contributed by atoms with Gasteiger partial charge in [0, 0.05) is 29.4 Å². The van der Waals surface area contributed by atoms with Gasteiger partial charge in [0.25, 0.3) is 5.91 Å². The number of sulfonamides is 1. The molecule has 0 saturated heterocycles. The largest absolute Gasteiger partial charge is 0.476 e. The Labute approximate surface area is 219 Å². The van der Waals surface area contributed by atoms with Crippen LogP contribution in [0, 0.1) is 6.92 Å². The molecule has 4 rings (SSSR count). The number of rotatable bonds is 10. The van der Waals surface area contributed by atoms with Crippen molar-refractivity contribution in [2.24, 2.45) is 0 Å². The Balaban J connectivity index is 1.71. The van der Waals surface area contributed by atoms with Crippen molar-refractivity contribution in [3.8, 4) is 23.1 Å². The van der Waals surface area contributed by atoms with Crippen LogP contribution in [0.25, 0.3) is 0 Å². The maximum atomic E-state index is 13.4. The maximum Gasteiger partial charge on any atom is 0.356 e. The number of carboxylic acid groups (broad SMARTS) is 1. The molecule has 2 aromatic carbocycles. The van der Waals surface area contributed by atoms with E-state index in [1.807, 2.05) is 6.92 Å². The van der Waals surface area contributed by atoms with Gasteiger partial charge < -0.3 is 24.6 Å². The number of amides is 1. The van der Waals surface area contributed by atoms with Crippen molar-refractivity contribution in [1.82, 2.24) is 14.5 Å². The topological polar surface area (TPSA) is 158 Å². The maximum absolute atomic E-state index is 13.4. The molecular formula is C25H28N4O8S. The zero-order chi connectivity index (χ0) is 27.6. The molecule has 0 fully saturated rings. The van der Waals surface area contributed by atoms with Crippen LogP contribution in [0.4, 0.5) is 5.69 Å². The Morgan fingerprint density at radius 3 is 2.58 bits per heavy atom. The van der Waals surface area contributed by atoms with Crippen LogP contribution in [-0.2, 0) is 16.6 Å². The molecule has 0 aliphatic carbocycles. The molecular weight excluding hydrogens is 516 g/mol. The summed E-state index contributed by atoms with van der Waals surface area (Å²) in [6.07, 6.45) is 0.541. The third-order valence-corrected chi connectivity index (χ3v) is 7.55. The molecule has 12 nitrogen and oxygen atoms in total. The molecule has 2 heterocycles. The molecule has 0 saturated carbocycles. The number of carboxylic acids is 1. The van der Waals surface area contributed by atoms with E-state index in [1.165, 1.54) is 35.9 Å². The highest BCUT2D eigenvalue weighted by Crippen LogP contribution is 2.35. The van der Waals surface area contributed by atoms with E-state index in [1.54, 1.807) is 26.0 Å². The van der Waals surface area contributed by atoms with E-state index in [0.29, 0.717) is 30.0 Å². The molecule has 3 aromatic rings. The SMILES string of the molecule is CC[C@H](C)NS(=O)(=O)c1cc(NC(=O)c2ccc3c(c2)OCO3)ccc1Oc1c(C)c(C(=O)O)nn1CC. The van der Waals surface area contributed by atoms with Crippen LogP contribution in [0.3, 0.4) is 0 Å². The number of aromatic nitrogens is 2. The minimum Gasteiger partial charge on any atom is -0.476 e. The van der Waals surface area contributed by atoms with E-state index in [0.717, 1.165) is 0 Å². The Morgan fingerprint density at radius 2 is 1.89 bits per heavy atom. The number of nitrogens with zero attached hydrogens (tertiary/aromatic N) is 2. The molecule has 0 radical (unpaired) electrons. The van der Waals surface area contributed by atoms with E-state index in [-0.39, 0.29) is 46.3 Å². The van der Waals surface area contributed by atoms with Crippen molar-refractivity contribution in [1.29, 1.82) is 0 Å². The Kier molecular flexibility index (Phi) is 7.60. The van der Waals surface area contributed by atoms with Crippen LogP contribution >= 0.6 is 0 Å². The van der Waals surface area contributed by atoms with Crippen LogP contribution < -0.4 is 24.2 Å². The number of aryl methyl sites for hydroxylation is 1. The average Bonchev–Trinajstić information content (AvgIpc) is 3.48. The smallest absolute Gasteiger partial charge is 0.356 e. The van der Waals surface area contributed by atoms with E-state index in [2.05, 4.69) is 15.1 Å². The number of hydrogen-bond donors (Lipinski definition) is 3. The highest BCUT2D eigenvalue weighted by molar-refractivity contribution is 7.89. The van der Waals surface area contributed by atoms with E-state index < -0.39 is 21.9 Å². The van der Waals surface area contributed by atoms with Gasteiger partial charge in [0.15, 0.2) is 17.2 Å². The molecule has 1 aliphatic heterocycles. The normalized spacial score (nSPS) is 13.3. The summed E-state index contributed by atoms with van der Waals surface area (Å²) in [5.41, 5.74) is 0.547. The molecule has 0 unspecified atom stereocenters. The van der Waals surface area contributed by atoms with E-state index >= 15 is 0 Å². The van der Waals surface area contributed by atoms with Gasteiger partial charge in [-0.05, 0) is 63.6 Å². The van der Waals surface area contributed by atoms with Crippen molar-refractivity contribution in [2.45, 2.75) is 51.6 Å². The molecule has 0 bridgehead atoms. The standard InChI is InChI=1S/C25H28N4O8S/c1-5-14(3)28-38(33,34)21-12-17(26-23(30)16-7-9-18-20(11-16)36-13-35-18)8-10-19(21)37-24-15(4)22(25(31)32)27-29(24)6-2/h7-12,14,28H,5-6,13H2,1-4H3,(H,26,30)(H,31,32)/t14-/m0/s1. The third-order valence-electron chi connectivity index (χ3n) is 5.93. The van der Waals surface area contributed by atoms with Crippen molar-refractivity contribution < 1.29 is 37.3 Å².